The molecule has 0 atom stereocenters. The molecule has 1 aliphatic heterocycles. The minimum absolute atomic E-state index is 0.0306. The summed E-state index contributed by atoms with van der Waals surface area (Å²) in [5.74, 6) is 0. The molecule has 158 valence electrons. The zero-order valence-corrected chi connectivity index (χ0v) is 18.6. The smallest absolute Gasteiger partial charge is 0.0691 e. The van der Waals surface area contributed by atoms with Gasteiger partial charge in [0, 0.05) is 31.9 Å². The molecule has 4 heteroatoms. The number of anilines is 1. The Labute approximate surface area is 181 Å². The summed E-state index contributed by atoms with van der Waals surface area (Å²) < 4.78 is 2.19. The molecule has 0 amide bonds. The van der Waals surface area contributed by atoms with Crippen LogP contribution in [-0.2, 0) is 12.0 Å². The highest BCUT2D eigenvalue weighted by molar-refractivity contribution is 5.60. The number of hydrogen-bond donors (Lipinski definition) is 0. The summed E-state index contributed by atoms with van der Waals surface area (Å²) in [4.78, 5) is 5.09. The van der Waals surface area contributed by atoms with Gasteiger partial charge < -0.3 is 4.90 Å². The molecule has 0 bridgehead atoms. The number of piperazine rings is 1. The number of para-hydroxylation sites is 1. The second-order valence-corrected chi connectivity index (χ2v) is 9.24. The molecule has 3 aromatic rings. The van der Waals surface area contributed by atoms with E-state index < -0.39 is 0 Å². The lowest BCUT2D eigenvalue weighted by Gasteiger charge is -2.36. The number of aromatic nitrogens is 2. The van der Waals surface area contributed by atoms with E-state index in [1.54, 1.807) is 0 Å². The Morgan fingerprint density at radius 1 is 0.833 bits per heavy atom. The predicted molar refractivity (Wildman–Crippen MR) is 126 cm³/mol. The molecule has 0 aliphatic carbocycles. The topological polar surface area (TPSA) is 24.3 Å². The van der Waals surface area contributed by atoms with E-state index in [2.05, 4.69) is 102 Å². The molecule has 1 fully saturated rings. The summed E-state index contributed by atoms with van der Waals surface area (Å²) in [5, 5.41) is 4.98. The fourth-order valence-corrected chi connectivity index (χ4v) is 4.23. The normalized spacial score (nSPS) is 15.5. The van der Waals surface area contributed by atoms with Gasteiger partial charge in [0.2, 0.25) is 0 Å². The second-order valence-electron chi connectivity index (χ2n) is 9.24. The van der Waals surface area contributed by atoms with Crippen LogP contribution in [-0.4, -0.2) is 47.4 Å². The highest BCUT2D eigenvalue weighted by Crippen LogP contribution is 2.27. The fourth-order valence-electron chi connectivity index (χ4n) is 4.23. The summed E-state index contributed by atoms with van der Waals surface area (Å²) in [5.41, 5.74) is 4.97. The summed E-state index contributed by atoms with van der Waals surface area (Å²) in [7, 11) is 0. The van der Waals surface area contributed by atoms with Gasteiger partial charge in [-0.15, -0.1) is 0 Å². The number of aryl methyl sites for hydroxylation is 1. The highest BCUT2D eigenvalue weighted by Gasteiger charge is 2.21. The van der Waals surface area contributed by atoms with Gasteiger partial charge >= 0.3 is 0 Å². The Bertz CT molecular complexity index is 917. The standard InChI is InChI=1S/C26H34N4/c1-26(2,3)30-25(22-11-6-4-7-12-22)21-23(27-30)13-10-16-28-17-19-29(20-18-28)24-14-8-5-9-15-24/h4-9,11-12,14-15,21H,10,13,16-20H2,1-3H3. The first-order valence-electron chi connectivity index (χ1n) is 11.2. The van der Waals surface area contributed by atoms with E-state index >= 15 is 0 Å². The van der Waals surface area contributed by atoms with E-state index in [0.717, 1.165) is 45.6 Å². The lowest BCUT2D eigenvalue weighted by Crippen LogP contribution is -2.46. The molecule has 1 aromatic heterocycles. The van der Waals surface area contributed by atoms with Crippen molar-refractivity contribution in [2.75, 3.05) is 37.6 Å². The molecule has 4 rings (SSSR count). The van der Waals surface area contributed by atoms with Crippen LogP contribution in [0.5, 0.6) is 0 Å². The minimum atomic E-state index is -0.0306. The maximum Gasteiger partial charge on any atom is 0.0691 e. The lowest BCUT2D eigenvalue weighted by atomic mass is 10.1. The molecule has 30 heavy (non-hydrogen) atoms. The maximum atomic E-state index is 4.98. The largest absolute Gasteiger partial charge is 0.369 e. The van der Waals surface area contributed by atoms with Gasteiger partial charge in [-0.05, 0) is 63.9 Å². The van der Waals surface area contributed by atoms with E-state index in [1.165, 1.54) is 22.6 Å². The first-order chi connectivity index (χ1) is 14.5. The van der Waals surface area contributed by atoms with Gasteiger partial charge in [-0.25, -0.2) is 0 Å². The van der Waals surface area contributed by atoms with Crippen LogP contribution < -0.4 is 4.90 Å². The zero-order chi connectivity index (χ0) is 21.0. The summed E-state index contributed by atoms with van der Waals surface area (Å²) in [6.45, 7) is 12.3. The van der Waals surface area contributed by atoms with Crippen molar-refractivity contribution in [2.45, 2.75) is 39.2 Å². The minimum Gasteiger partial charge on any atom is -0.369 e. The van der Waals surface area contributed by atoms with Crippen molar-refractivity contribution in [3.8, 4) is 11.3 Å². The number of rotatable bonds is 6. The van der Waals surface area contributed by atoms with Crippen LogP contribution in [0.15, 0.2) is 66.7 Å². The molecule has 1 aliphatic rings. The van der Waals surface area contributed by atoms with Crippen LogP contribution in [0.1, 0.15) is 32.9 Å². The van der Waals surface area contributed by atoms with Crippen molar-refractivity contribution in [1.82, 2.24) is 14.7 Å². The van der Waals surface area contributed by atoms with Crippen LogP contribution in [0.4, 0.5) is 5.69 Å². The third kappa shape index (κ3) is 4.93. The van der Waals surface area contributed by atoms with Crippen LogP contribution >= 0.6 is 0 Å². The van der Waals surface area contributed by atoms with Crippen LogP contribution in [0.3, 0.4) is 0 Å². The molecule has 0 spiro atoms. The van der Waals surface area contributed by atoms with Crippen molar-refractivity contribution in [2.24, 2.45) is 0 Å². The molecule has 2 heterocycles. The average molecular weight is 403 g/mol. The van der Waals surface area contributed by atoms with Crippen LogP contribution in [0.2, 0.25) is 0 Å². The Morgan fingerprint density at radius 3 is 2.10 bits per heavy atom. The zero-order valence-electron chi connectivity index (χ0n) is 18.6. The van der Waals surface area contributed by atoms with Crippen LogP contribution in [0.25, 0.3) is 11.3 Å². The molecule has 2 aromatic carbocycles. The molecule has 0 N–H and O–H groups in total. The van der Waals surface area contributed by atoms with Gasteiger partial charge in [-0.2, -0.15) is 5.10 Å². The van der Waals surface area contributed by atoms with Gasteiger partial charge in [-0.1, -0.05) is 48.5 Å². The molecule has 1 saturated heterocycles. The first kappa shape index (κ1) is 20.7. The van der Waals surface area contributed by atoms with Crippen molar-refractivity contribution in [3.05, 3.63) is 72.4 Å². The van der Waals surface area contributed by atoms with Gasteiger partial charge in [-0.3, -0.25) is 9.58 Å². The highest BCUT2D eigenvalue weighted by atomic mass is 15.3. The van der Waals surface area contributed by atoms with E-state index in [9.17, 15) is 0 Å². The predicted octanol–water partition coefficient (Wildman–Crippen LogP) is 5.06. The van der Waals surface area contributed by atoms with Crippen molar-refractivity contribution >= 4 is 5.69 Å². The average Bonchev–Trinajstić information content (AvgIpc) is 3.20. The van der Waals surface area contributed by atoms with E-state index in [4.69, 9.17) is 5.10 Å². The third-order valence-electron chi connectivity index (χ3n) is 5.87. The third-order valence-corrected chi connectivity index (χ3v) is 5.87. The molecule has 0 radical (unpaired) electrons. The molecule has 4 nitrogen and oxygen atoms in total. The quantitative estimate of drug-likeness (QED) is 0.576. The van der Waals surface area contributed by atoms with Gasteiger partial charge in [0.25, 0.3) is 0 Å². The monoisotopic (exact) mass is 402 g/mol. The Hall–Kier alpha value is -2.59. The van der Waals surface area contributed by atoms with Gasteiger partial charge in [0.15, 0.2) is 0 Å². The van der Waals surface area contributed by atoms with E-state index in [0.29, 0.717) is 0 Å². The lowest BCUT2D eigenvalue weighted by molar-refractivity contribution is 0.254. The fraction of sp³-hybridized carbons (Fsp3) is 0.423. The number of benzene rings is 2. The van der Waals surface area contributed by atoms with Gasteiger partial charge in [0.1, 0.15) is 0 Å². The first-order valence-corrected chi connectivity index (χ1v) is 11.2. The van der Waals surface area contributed by atoms with Crippen LogP contribution in [0, 0.1) is 0 Å². The Balaban J connectivity index is 1.33. The van der Waals surface area contributed by atoms with E-state index in [-0.39, 0.29) is 5.54 Å². The summed E-state index contributed by atoms with van der Waals surface area (Å²) in [6, 6.07) is 23.7. The van der Waals surface area contributed by atoms with Crippen molar-refractivity contribution < 1.29 is 0 Å². The molecular weight excluding hydrogens is 368 g/mol. The number of nitrogens with zero attached hydrogens (tertiary/aromatic N) is 4. The summed E-state index contributed by atoms with van der Waals surface area (Å²) in [6.07, 6.45) is 2.18. The Morgan fingerprint density at radius 2 is 1.47 bits per heavy atom. The maximum absolute atomic E-state index is 4.98. The molecular formula is C26H34N4. The molecule has 0 unspecified atom stereocenters. The molecule has 0 saturated carbocycles. The summed E-state index contributed by atoms with van der Waals surface area (Å²) >= 11 is 0. The second kappa shape index (κ2) is 9.05. The van der Waals surface area contributed by atoms with Crippen molar-refractivity contribution in [1.29, 1.82) is 0 Å². The Kier molecular flexibility index (Phi) is 6.24. The van der Waals surface area contributed by atoms with E-state index in [1.807, 2.05) is 0 Å². The number of hydrogen-bond acceptors (Lipinski definition) is 3. The van der Waals surface area contributed by atoms with Gasteiger partial charge in [0.05, 0.1) is 16.9 Å². The van der Waals surface area contributed by atoms with Crippen molar-refractivity contribution in [3.63, 3.8) is 0 Å². The SMILES string of the molecule is CC(C)(C)n1nc(CCCN2CCN(c3ccccc3)CC2)cc1-c1ccccc1.